The summed E-state index contributed by atoms with van der Waals surface area (Å²) < 4.78 is 18.7. The van der Waals surface area contributed by atoms with E-state index in [2.05, 4.69) is 41.9 Å². The summed E-state index contributed by atoms with van der Waals surface area (Å²) in [5, 5.41) is 19.5. The van der Waals surface area contributed by atoms with Gasteiger partial charge in [0.2, 0.25) is 35.5 Å². The van der Waals surface area contributed by atoms with E-state index in [1.807, 2.05) is 101 Å². The van der Waals surface area contributed by atoms with Crippen molar-refractivity contribution in [3.05, 3.63) is 94.6 Å². The lowest BCUT2D eigenvalue weighted by Crippen LogP contribution is -2.59. The number of rotatable bonds is 25. The Hall–Kier alpha value is -6.03. The van der Waals surface area contributed by atoms with Gasteiger partial charge in [-0.05, 0) is 113 Å². The molecule has 5 rings (SSSR count). The van der Waals surface area contributed by atoms with Crippen LogP contribution in [0.1, 0.15) is 109 Å². The average Bonchev–Trinajstić information content (AvgIpc) is 3.79. The van der Waals surface area contributed by atoms with Crippen molar-refractivity contribution in [1.82, 2.24) is 41.0 Å². The topological polar surface area (TPSA) is 216 Å². The van der Waals surface area contributed by atoms with Gasteiger partial charge in [-0.1, -0.05) is 94.6 Å². The SMILES string of the molecule is CC[C@@H](NC(=O)[C@@H]1C[C@H](NC(=O)CCCCCCC(=O)N(C)CCc2cc(OC)c(Nc3ncc(Cl)c(Nc4ccccc4P(C)(C)=O)n3)cc2C)CN1C(=O)[C@@H](NC(=O)[C@H](C)NC)C(C)(C)C)c1ccccc1. The second-order valence-electron chi connectivity index (χ2n) is 20.7. The number of likely N-dealkylation sites (tertiary alicyclic amines) is 1. The van der Waals surface area contributed by atoms with E-state index in [-0.39, 0.29) is 60.9 Å². The number of aryl methyl sites for hydroxylation is 1. The number of hydrogen-bond acceptors (Lipinski definition) is 12. The number of likely N-dealkylation sites (N-methyl/N-ethyl adjacent to an activating group) is 2. The van der Waals surface area contributed by atoms with E-state index in [0.29, 0.717) is 71.9 Å². The number of nitrogens with one attached hydrogen (secondary N) is 6. The molecule has 5 atom stereocenters. The maximum Gasteiger partial charge on any atom is 0.246 e. The Morgan fingerprint density at radius 1 is 0.932 bits per heavy atom. The van der Waals surface area contributed by atoms with Gasteiger partial charge in [-0.15, -0.1) is 0 Å². The standard InChI is InChI=1S/C55H78ClN10O7P/c1-12-41(37-22-16-15-17-23-37)61-52(70)44-32-39(34-66(44)53(71)49(55(4,5)6)63-51(69)36(3)57-7)59-47(67)26-18-13-14-19-27-48(68)65(8)29-28-38-31-45(73-9)43(30-35(38)2)62-54-58-33-40(56)50(64-54)60-42-24-20-21-25-46(42)74(10,11)72/h15-17,20-25,30-31,33,36,39,41,44,49,57H,12-14,18-19,26-29,32,34H2,1-11H3,(H,59,67)(H,61,70)(H,63,69)(H2,58,60,62,64)/t36-,39-,41+,44-,49+/m0/s1. The molecule has 1 saturated heterocycles. The van der Waals surface area contributed by atoms with E-state index in [1.165, 1.54) is 11.1 Å². The quantitative estimate of drug-likeness (QED) is 0.0275. The first-order chi connectivity index (χ1) is 35.0. The fourth-order valence-electron chi connectivity index (χ4n) is 8.92. The molecule has 5 amide bonds. The van der Waals surface area contributed by atoms with Gasteiger partial charge in [-0.25, -0.2) is 4.98 Å². The van der Waals surface area contributed by atoms with Gasteiger partial charge >= 0.3 is 0 Å². The number of ether oxygens (including phenoxy) is 1. The molecule has 74 heavy (non-hydrogen) atoms. The zero-order valence-corrected chi connectivity index (χ0v) is 46.7. The minimum absolute atomic E-state index is 0.0380. The summed E-state index contributed by atoms with van der Waals surface area (Å²) in [7, 11) is 2.47. The van der Waals surface area contributed by atoms with Gasteiger partial charge in [-0.2, -0.15) is 4.98 Å². The summed E-state index contributed by atoms with van der Waals surface area (Å²) in [6.07, 6.45) is 6.47. The molecule has 17 nitrogen and oxygen atoms in total. The zero-order chi connectivity index (χ0) is 54.3. The molecule has 0 aliphatic carbocycles. The largest absolute Gasteiger partial charge is 0.495 e. The highest BCUT2D eigenvalue weighted by Gasteiger charge is 2.45. The van der Waals surface area contributed by atoms with Crippen LogP contribution in [-0.2, 0) is 35.0 Å². The van der Waals surface area contributed by atoms with E-state index in [9.17, 15) is 28.5 Å². The maximum absolute atomic E-state index is 14.4. The first-order valence-electron chi connectivity index (χ1n) is 25.6. The van der Waals surface area contributed by atoms with Crippen LogP contribution in [0.5, 0.6) is 5.75 Å². The van der Waals surface area contributed by atoms with Crippen LogP contribution in [0.4, 0.5) is 23.1 Å². The second kappa shape index (κ2) is 27.0. The van der Waals surface area contributed by atoms with Crippen LogP contribution in [0.15, 0.2) is 72.9 Å². The van der Waals surface area contributed by atoms with E-state index < -0.39 is 36.7 Å². The molecule has 0 bridgehead atoms. The molecule has 19 heteroatoms. The smallest absolute Gasteiger partial charge is 0.246 e. The molecule has 4 aromatic rings. The van der Waals surface area contributed by atoms with Crippen LogP contribution >= 0.6 is 18.7 Å². The fraction of sp³-hybridized carbons (Fsp3) is 0.509. The minimum Gasteiger partial charge on any atom is -0.495 e. The Morgan fingerprint density at radius 3 is 2.26 bits per heavy atom. The molecule has 0 spiro atoms. The van der Waals surface area contributed by atoms with Crippen LogP contribution in [-0.4, -0.2) is 121 Å². The van der Waals surface area contributed by atoms with Crippen LogP contribution in [0.3, 0.4) is 0 Å². The molecule has 2 heterocycles. The van der Waals surface area contributed by atoms with Gasteiger partial charge in [0, 0.05) is 44.3 Å². The predicted octanol–water partition coefficient (Wildman–Crippen LogP) is 8.02. The number of benzene rings is 3. The average molecular weight is 1060 g/mol. The van der Waals surface area contributed by atoms with Crippen molar-refractivity contribution >= 4 is 76.7 Å². The number of para-hydroxylation sites is 1. The third kappa shape index (κ3) is 16.5. The number of unbranched alkanes of at least 4 members (excludes halogenated alkanes) is 3. The molecule has 1 aliphatic heterocycles. The van der Waals surface area contributed by atoms with Crippen molar-refractivity contribution in [2.75, 3.05) is 58.3 Å². The maximum atomic E-state index is 14.4. The highest BCUT2D eigenvalue weighted by Crippen LogP contribution is 2.39. The Kier molecular flexibility index (Phi) is 21.4. The van der Waals surface area contributed by atoms with Crippen LogP contribution in [0, 0.1) is 12.3 Å². The molecule has 1 fully saturated rings. The van der Waals surface area contributed by atoms with Crippen molar-refractivity contribution < 1.29 is 33.3 Å². The summed E-state index contributed by atoms with van der Waals surface area (Å²) in [5.74, 6) is 0.0684. The Labute approximate surface area is 442 Å². The number of amides is 5. The first-order valence-corrected chi connectivity index (χ1v) is 28.6. The van der Waals surface area contributed by atoms with E-state index in [4.69, 9.17) is 16.3 Å². The number of carbonyl (C=O) groups is 5. The molecular formula is C55H78ClN10O7P. The van der Waals surface area contributed by atoms with Crippen molar-refractivity contribution in [2.45, 2.75) is 130 Å². The van der Waals surface area contributed by atoms with E-state index >= 15 is 0 Å². The lowest BCUT2D eigenvalue weighted by atomic mass is 9.85. The monoisotopic (exact) mass is 1060 g/mol. The zero-order valence-electron chi connectivity index (χ0n) is 45.1. The molecule has 1 aromatic heterocycles. The van der Waals surface area contributed by atoms with Gasteiger partial charge in [0.25, 0.3) is 0 Å². The van der Waals surface area contributed by atoms with Crippen molar-refractivity contribution in [2.24, 2.45) is 5.41 Å². The number of carbonyl (C=O) groups excluding carboxylic acids is 5. The summed E-state index contributed by atoms with van der Waals surface area (Å²) >= 11 is 6.48. The van der Waals surface area contributed by atoms with Crippen LogP contribution < -0.4 is 41.9 Å². The molecule has 6 N–H and O–H groups in total. The number of halogens is 1. The molecule has 0 radical (unpaired) electrons. The van der Waals surface area contributed by atoms with E-state index in [1.54, 1.807) is 46.4 Å². The van der Waals surface area contributed by atoms with Crippen LogP contribution in [0.2, 0.25) is 5.02 Å². The molecule has 0 unspecified atom stereocenters. The lowest BCUT2D eigenvalue weighted by Gasteiger charge is -2.36. The second-order valence-corrected chi connectivity index (χ2v) is 24.3. The summed E-state index contributed by atoms with van der Waals surface area (Å²) in [4.78, 5) is 80.3. The van der Waals surface area contributed by atoms with Crippen molar-refractivity contribution in [1.29, 1.82) is 0 Å². The van der Waals surface area contributed by atoms with Crippen molar-refractivity contribution in [3.63, 3.8) is 0 Å². The highest BCUT2D eigenvalue weighted by molar-refractivity contribution is 7.70. The van der Waals surface area contributed by atoms with Gasteiger partial charge < -0.3 is 51.0 Å². The summed E-state index contributed by atoms with van der Waals surface area (Å²) in [5.41, 5.74) is 3.59. The number of anilines is 4. The van der Waals surface area contributed by atoms with Crippen LogP contribution in [0.25, 0.3) is 0 Å². The van der Waals surface area contributed by atoms with Gasteiger partial charge in [-0.3, -0.25) is 24.0 Å². The normalized spacial score (nSPS) is 15.9. The first kappa shape index (κ1) is 58.9. The van der Waals surface area contributed by atoms with Gasteiger partial charge in [0.15, 0.2) is 5.82 Å². The third-order valence-electron chi connectivity index (χ3n) is 13.5. The minimum atomic E-state index is -2.59. The Balaban J connectivity index is 1.09. The number of hydrogen-bond donors (Lipinski definition) is 6. The van der Waals surface area contributed by atoms with Crippen molar-refractivity contribution in [3.8, 4) is 5.75 Å². The molecule has 0 saturated carbocycles. The summed E-state index contributed by atoms with van der Waals surface area (Å²) in [6.45, 7) is 15.4. The number of methoxy groups -OCH3 is 1. The predicted molar refractivity (Wildman–Crippen MR) is 295 cm³/mol. The van der Waals surface area contributed by atoms with E-state index in [0.717, 1.165) is 29.5 Å². The molecule has 1 aliphatic rings. The molecular weight excluding hydrogens is 979 g/mol. The fourth-order valence-corrected chi connectivity index (χ4v) is 10.2. The molecule has 402 valence electrons. The Bertz CT molecular complexity index is 2630. The number of aromatic nitrogens is 2. The van der Waals surface area contributed by atoms with Gasteiger partial charge in [0.05, 0.1) is 36.8 Å². The summed E-state index contributed by atoms with van der Waals surface area (Å²) in [6, 6.07) is 17.9. The highest BCUT2D eigenvalue weighted by atomic mass is 35.5. The lowest BCUT2D eigenvalue weighted by molar-refractivity contribution is -0.144. The number of nitrogens with zero attached hydrogens (tertiary/aromatic N) is 4. The Morgan fingerprint density at radius 2 is 1.61 bits per heavy atom. The van der Waals surface area contributed by atoms with Gasteiger partial charge in [0.1, 0.15) is 30.0 Å². The third-order valence-corrected chi connectivity index (χ3v) is 15.3. The molecule has 3 aromatic carbocycles.